The third kappa shape index (κ3) is 4.00. The molecule has 1 amide bonds. The quantitative estimate of drug-likeness (QED) is 0.676. The van der Waals surface area contributed by atoms with Gasteiger partial charge in [0, 0.05) is 11.8 Å². The van der Waals surface area contributed by atoms with Crippen LogP contribution in [0.3, 0.4) is 0 Å². The Balaban J connectivity index is 2.09. The zero-order chi connectivity index (χ0) is 15.9. The fraction of sp³-hybridized carbons (Fsp3) is 0.176. The molecule has 0 unspecified atom stereocenters. The Morgan fingerprint density at radius 2 is 2.05 bits per heavy atom. The fourth-order valence-corrected chi connectivity index (χ4v) is 1.82. The van der Waals surface area contributed by atoms with Crippen LogP contribution in [-0.2, 0) is 4.79 Å². The van der Waals surface area contributed by atoms with Crippen LogP contribution >= 0.6 is 0 Å². The van der Waals surface area contributed by atoms with Gasteiger partial charge in [0.05, 0.1) is 6.61 Å². The summed E-state index contributed by atoms with van der Waals surface area (Å²) in [6.45, 7) is 4.27. The lowest BCUT2D eigenvalue weighted by Crippen LogP contribution is -2.13. The van der Waals surface area contributed by atoms with E-state index in [1.54, 1.807) is 43.3 Å². The maximum Gasteiger partial charge on any atom is 0.266 e. The number of hydrogen-bond acceptors (Lipinski definition) is 4. The molecule has 0 aliphatic rings. The smallest absolute Gasteiger partial charge is 0.266 e. The van der Waals surface area contributed by atoms with Gasteiger partial charge >= 0.3 is 0 Å². The maximum atomic E-state index is 12.1. The van der Waals surface area contributed by atoms with Crippen LogP contribution in [0.5, 0.6) is 5.75 Å². The Morgan fingerprint density at radius 1 is 1.32 bits per heavy atom. The van der Waals surface area contributed by atoms with Gasteiger partial charge in [-0.2, -0.15) is 5.26 Å². The molecular weight excluding hydrogens is 280 g/mol. The average molecular weight is 296 g/mol. The first kappa shape index (κ1) is 15.4. The molecule has 5 nitrogen and oxygen atoms in total. The molecule has 0 aliphatic carbocycles. The van der Waals surface area contributed by atoms with Gasteiger partial charge in [-0.25, -0.2) is 0 Å². The monoisotopic (exact) mass is 296 g/mol. The van der Waals surface area contributed by atoms with Crippen LogP contribution in [0, 0.1) is 18.3 Å². The number of ether oxygens (including phenoxy) is 1. The summed E-state index contributed by atoms with van der Waals surface area (Å²) in [5, 5.41) is 11.8. The molecule has 0 atom stereocenters. The predicted molar refractivity (Wildman–Crippen MR) is 83.3 cm³/mol. The van der Waals surface area contributed by atoms with Crippen molar-refractivity contribution in [2.24, 2.45) is 0 Å². The highest BCUT2D eigenvalue weighted by molar-refractivity contribution is 6.09. The predicted octanol–water partition coefficient (Wildman–Crippen LogP) is 3.53. The van der Waals surface area contributed by atoms with Crippen LogP contribution < -0.4 is 10.1 Å². The van der Waals surface area contributed by atoms with Crippen molar-refractivity contribution in [2.75, 3.05) is 11.9 Å². The summed E-state index contributed by atoms with van der Waals surface area (Å²) in [6.07, 6.45) is 1.41. The van der Waals surface area contributed by atoms with Crippen molar-refractivity contribution in [3.63, 3.8) is 0 Å². The number of anilines is 1. The summed E-state index contributed by atoms with van der Waals surface area (Å²) in [7, 11) is 0. The SMILES string of the molecule is CCOc1ccc(NC(=O)/C(C#N)=C\c2ccc(C)o2)cc1. The van der Waals surface area contributed by atoms with E-state index in [2.05, 4.69) is 5.32 Å². The molecule has 0 fully saturated rings. The maximum absolute atomic E-state index is 12.1. The zero-order valence-corrected chi connectivity index (χ0v) is 12.4. The van der Waals surface area contributed by atoms with Crippen molar-refractivity contribution in [3.05, 3.63) is 53.5 Å². The Hall–Kier alpha value is -3.00. The molecule has 0 radical (unpaired) electrons. The van der Waals surface area contributed by atoms with Gasteiger partial charge in [0.25, 0.3) is 5.91 Å². The third-order valence-electron chi connectivity index (χ3n) is 2.84. The molecule has 0 saturated carbocycles. The molecule has 112 valence electrons. The highest BCUT2D eigenvalue weighted by Crippen LogP contribution is 2.17. The Labute approximate surface area is 128 Å². The number of nitrogens with zero attached hydrogens (tertiary/aromatic N) is 1. The van der Waals surface area contributed by atoms with E-state index in [0.717, 1.165) is 11.5 Å². The lowest BCUT2D eigenvalue weighted by molar-refractivity contribution is -0.112. The van der Waals surface area contributed by atoms with E-state index in [0.29, 0.717) is 18.1 Å². The minimum absolute atomic E-state index is 0.0248. The van der Waals surface area contributed by atoms with Crippen molar-refractivity contribution in [1.82, 2.24) is 0 Å². The molecule has 2 rings (SSSR count). The Morgan fingerprint density at radius 3 is 2.59 bits per heavy atom. The minimum atomic E-state index is -0.485. The molecule has 2 aromatic rings. The molecule has 22 heavy (non-hydrogen) atoms. The molecule has 5 heteroatoms. The third-order valence-corrected chi connectivity index (χ3v) is 2.84. The number of carbonyl (C=O) groups excluding carboxylic acids is 1. The summed E-state index contributed by atoms with van der Waals surface area (Å²) in [4.78, 5) is 12.1. The summed E-state index contributed by atoms with van der Waals surface area (Å²) in [5.41, 5.74) is 0.563. The van der Waals surface area contributed by atoms with E-state index in [-0.39, 0.29) is 5.57 Å². The number of nitrogens with one attached hydrogen (secondary N) is 1. The van der Waals surface area contributed by atoms with E-state index in [1.807, 2.05) is 13.0 Å². The number of hydrogen-bond donors (Lipinski definition) is 1. The standard InChI is InChI=1S/C17H16N2O3/c1-3-21-15-8-5-14(6-9-15)19-17(20)13(11-18)10-16-7-4-12(2)22-16/h4-10H,3H2,1-2H3,(H,19,20)/b13-10-. The lowest BCUT2D eigenvalue weighted by Gasteiger charge is -2.06. The molecule has 1 heterocycles. The number of benzene rings is 1. The molecule has 0 saturated heterocycles. The Bertz CT molecular complexity index is 721. The number of furan rings is 1. The Kier molecular flexibility index (Phi) is 4.99. The van der Waals surface area contributed by atoms with Gasteiger partial charge in [0.2, 0.25) is 0 Å². The molecule has 0 bridgehead atoms. The number of amides is 1. The van der Waals surface area contributed by atoms with Crippen LogP contribution in [0.1, 0.15) is 18.4 Å². The van der Waals surface area contributed by atoms with Gasteiger partial charge in [-0.3, -0.25) is 4.79 Å². The molecule has 1 aromatic carbocycles. The first-order valence-electron chi connectivity index (χ1n) is 6.85. The highest BCUT2D eigenvalue weighted by Gasteiger charge is 2.10. The van der Waals surface area contributed by atoms with Gasteiger partial charge in [0.1, 0.15) is 28.9 Å². The van der Waals surface area contributed by atoms with Gasteiger partial charge in [-0.05, 0) is 50.2 Å². The second kappa shape index (κ2) is 7.14. The van der Waals surface area contributed by atoms with E-state index >= 15 is 0 Å². The number of carbonyl (C=O) groups is 1. The van der Waals surface area contributed by atoms with Crippen molar-refractivity contribution >= 4 is 17.7 Å². The second-order valence-electron chi connectivity index (χ2n) is 4.53. The largest absolute Gasteiger partial charge is 0.494 e. The van der Waals surface area contributed by atoms with Gasteiger partial charge < -0.3 is 14.5 Å². The zero-order valence-electron chi connectivity index (χ0n) is 12.4. The lowest BCUT2D eigenvalue weighted by atomic mass is 10.2. The van der Waals surface area contributed by atoms with Crippen LogP contribution in [0.25, 0.3) is 6.08 Å². The van der Waals surface area contributed by atoms with Gasteiger partial charge in [-0.15, -0.1) is 0 Å². The average Bonchev–Trinajstić information content (AvgIpc) is 2.92. The fourth-order valence-electron chi connectivity index (χ4n) is 1.82. The van der Waals surface area contributed by atoms with Crippen molar-refractivity contribution in [3.8, 4) is 11.8 Å². The molecule has 0 spiro atoms. The molecule has 0 aliphatic heterocycles. The van der Waals surface area contributed by atoms with Gasteiger partial charge in [0.15, 0.2) is 0 Å². The normalized spacial score (nSPS) is 10.9. The highest BCUT2D eigenvalue weighted by atomic mass is 16.5. The summed E-state index contributed by atoms with van der Waals surface area (Å²) in [6, 6.07) is 12.3. The number of rotatable bonds is 5. The molecular formula is C17H16N2O3. The first-order valence-corrected chi connectivity index (χ1v) is 6.85. The van der Waals surface area contributed by atoms with E-state index in [1.165, 1.54) is 6.08 Å². The van der Waals surface area contributed by atoms with E-state index < -0.39 is 5.91 Å². The summed E-state index contributed by atoms with van der Waals surface area (Å²) >= 11 is 0. The first-order chi connectivity index (χ1) is 10.6. The summed E-state index contributed by atoms with van der Waals surface area (Å²) < 4.78 is 10.7. The van der Waals surface area contributed by atoms with Crippen LogP contribution in [0.4, 0.5) is 5.69 Å². The van der Waals surface area contributed by atoms with Gasteiger partial charge in [-0.1, -0.05) is 0 Å². The molecule has 1 aromatic heterocycles. The van der Waals surface area contributed by atoms with E-state index in [9.17, 15) is 4.79 Å². The van der Waals surface area contributed by atoms with E-state index in [4.69, 9.17) is 14.4 Å². The van der Waals surface area contributed by atoms with Crippen LogP contribution in [-0.4, -0.2) is 12.5 Å². The van der Waals surface area contributed by atoms with Crippen molar-refractivity contribution < 1.29 is 13.9 Å². The van der Waals surface area contributed by atoms with Crippen molar-refractivity contribution in [1.29, 1.82) is 5.26 Å². The topological polar surface area (TPSA) is 75.3 Å². The summed E-state index contributed by atoms with van der Waals surface area (Å²) in [5.74, 6) is 1.43. The second-order valence-corrected chi connectivity index (χ2v) is 4.53. The van der Waals surface area contributed by atoms with Crippen molar-refractivity contribution in [2.45, 2.75) is 13.8 Å². The number of nitriles is 1. The van der Waals surface area contributed by atoms with Crippen LogP contribution in [0.15, 0.2) is 46.4 Å². The minimum Gasteiger partial charge on any atom is -0.494 e. The van der Waals surface area contributed by atoms with Crippen LogP contribution in [0.2, 0.25) is 0 Å². The number of aryl methyl sites for hydroxylation is 1. The molecule has 1 N–H and O–H groups in total.